The number of nitrogens with one attached hydrogen (secondary N) is 1. The molecular weight excluding hydrogens is 268 g/mol. The molecule has 0 fully saturated rings. The highest BCUT2D eigenvalue weighted by molar-refractivity contribution is 6.40. The van der Waals surface area contributed by atoms with Crippen LogP contribution in [-0.2, 0) is 22.6 Å². The molecule has 0 saturated heterocycles. The number of rotatable bonds is 2. The molecule has 1 aromatic carbocycles. The van der Waals surface area contributed by atoms with Gasteiger partial charge < -0.3 is 14.6 Å². The van der Waals surface area contributed by atoms with Crippen molar-refractivity contribution in [3.63, 3.8) is 0 Å². The topological polar surface area (TPSA) is 62.6 Å². The lowest BCUT2D eigenvalue weighted by Crippen LogP contribution is -2.45. The van der Waals surface area contributed by atoms with Gasteiger partial charge in [0, 0.05) is 11.7 Å². The second kappa shape index (κ2) is 5.44. The zero-order chi connectivity index (χ0) is 14.8. The smallest absolute Gasteiger partial charge is 0.316 e. The highest BCUT2D eigenvalue weighted by Crippen LogP contribution is 2.31. The van der Waals surface area contributed by atoms with Crippen LogP contribution in [0.1, 0.15) is 18.2 Å². The van der Waals surface area contributed by atoms with E-state index in [1.165, 1.54) is 6.26 Å². The van der Waals surface area contributed by atoms with Gasteiger partial charge in [0.15, 0.2) is 0 Å². The van der Waals surface area contributed by atoms with Gasteiger partial charge in [-0.3, -0.25) is 9.59 Å². The largest absolute Gasteiger partial charge is 0.467 e. The molecule has 0 radical (unpaired) electrons. The number of hydrogen-bond donors (Lipinski definition) is 1. The van der Waals surface area contributed by atoms with Crippen LogP contribution in [0.15, 0.2) is 47.1 Å². The van der Waals surface area contributed by atoms with E-state index in [1.54, 1.807) is 17.0 Å². The summed E-state index contributed by atoms with van der Waals surface area (Å²) >= 11 is 0. The van der Waals surface area contributed by atoms with E-state index in [-0.39, 0.29) is 12.6 Å². The molecule has 1 atom stereocenters. The summed E-state index contributed by atoms with van der Waals surface area (Å²) < 4.78 is 5.13. The van der Waals surface area contributed by atoms with Crippen molar-refractivity contribution in [1.29, 1.82) is 0 Å². The van der Waals surface area contributed by atoms with Crippen molar-refractivity contribution in [2.75, 3.05) is 4.90 Å². The maximum Gasteiger partial charge on any atom is 0.316 e. The van der Waals surface area contributed by atoms with E-state index in [0.717, 1.165) is 17.7 Å². The normalized spacial score (nSPS) is 16.6. The molecule has 0 saturated carbocycles. The molecule has 3 rings (SSSR count). The quantitative estimate of drug-likeness (QED) is 0.856. The average molecular weight is 284 g/mol. The standard InChI is InChI=1S/C16H16N2O3/c1-11-9-12-5-2-3-7-14(12)18(11)16(20)15(19)17-10-13-6-4-8-21-13/h2-8,11H,9-10H2,1H3,(H,17,19). The van der Waals surface area contributed by atoms with Gasteiger partial charge in [-0.1, -0.05) is 18.2 Å². The van der Waals surface area contributed by atoms with Gasteiger partial charge in [-0.15, -0.1) is 0 Å². The number of fused-ring (bicyclic) bond motifs is 1. The molecule has 2 aromatic rings. The molecule has 0 bridgehead atoms. The summed E-state index contributed by atoms with van der Waals surface area (Å²) in [6, 6.07) is 11.1. The Balaban J connectivity index is 1.71. The SMILES string of the molecule is CC1Cc2ccccc2N1C(=O)C(=O)NCc1ccco1. The molecule has 1 aliphatic heterocycles. The molecule has 0 aliphatic carbocycles. The third-order valence-electron chi connectivity index (χ3n) is 3.62. The summed E-state index contributed by atoms with van der Waals surface area (Å²) in [5.74, 6) is -0.528. The first kappa shape index (κ1) is 13.4. The molecule has 21 heavy (non-hydrogen) atoms. The minimum atomic E-state index is -0.616. The van der Waals surface area contributed by atoms with Gasteiger partial charge in [-0.2, -0.15) is 0 Å². The molecule has 0 spiro atoms. The number of anilines is 1. The summed E-state index contributed by atoms with van der Waals surface area (Å²) in [5, 5.41) is 2.59. The van der Waals surface area contributed by atoms with Crippen LogP contribution < -0.4 is 10.2 Å². The maximum absolute atomic E-state index is 12.4. The molecule has 1 N–H and O–H groups in total. The maximum atomic E-state index is 12.4. The van der Waals surface area contributed by atoms with E-state index in [0.29, 0.717) is 5.76 Å². The van der Waals surface area contributed by atoms with Gasteiger partial charge in [0.1, 0.15) is 5.76 Å². The van der Waals surface area contributed by atoms with Crippen LogP contribution in [0.5, 0.6) is 0 Å². The second-order valence-electron chi connectivity index (χ2n) is 5.12. The van der Waals surface area contributed by atoms with E-state index in [2.05, 4.69) is 5.32 Å². The fraction of sp³-hybridized carbons (Fsp3) is 0.250. The number of nitrogens with zero attached hydrogens (tertiary/aromatic N) is 1. The van der Waals surface area contributed by atoms with Gasteiger partial charge >= 0.3 is 11.8 Å². The van der Waals surface area contributed by atoms with Crippen molar-refractivity contribution in [2.24, 2.45) is 0 Å². The summed E-state index contributed by atoms with van der Waals surface area (Å²) in [6.07, 6.45) is 2.30. The summed E-state index contributed by atoms with van der Waals surface area (Å²) in [5.41, 5.74) is 1.92. The Morgan fingerprint density at radius 2 is 2.10 bits per heavy atom. The molecule has 2 amide bonds. The van der Waals surface area contributed by atoms with Crippen molar-refractivity contribution >= 4 is 17.5 Å². The van der Waals surface area contributed by atoms with Crippen LogP contribution in [0.25, 0.3) is 0 Å². The summed E-state index contributed by atoms with van der Waals surface area (Å²) in [6.45, 7) is 2.15. The Labute approximate surface area is 122 Å². The van der Waals surface area contributed by atoms with Crippen molar-refractivity contribution < 1.29 is 14.0 Å². The van der Waals surface area contributed by atoms with Crippen LogP contribution in [-0.4, -0.2) is 17.9 Å². The average Bonchev–Trinajstić information content (AvgIpc) is 3.10. The van der Waals surface area contributed by atoms with Crippen LogP contribution in [0.4, 0.5) is 5.69 Å². The molecule has 1 unspecified atom stereocenters. The highest BCUT2D eigenvalue weighted by atomic mass is 16.3. The van der Waals surface area contributed by atoms with Gasteiger partial charge in [0.2, 0.25) is 0 Å². The lowest BCUT2D eigenvalue weighted by atomic mass is 10.1. The first-order valence-electron chi connectivity index (χ1n) is 6.88. The Bertz CT molecular complexity index is 664. The van der Waals surface area contributed by atoms with Crippen molar-refractivity contribution in [3.8, 4) is 0 Å². The second-order valence-corrected chi connectivity index (χ2v) is 5.12. The number of para-hydroxylation sites is 1. The van der Waals surface area contributed by atoms with E-state index >= 15 is 0 Å². The Morgan fingerprint density at radius 3 is 2.86 bits per heavy atom. The van der Waals surface area contributed by atoms with Crippen LogP contribution in [0.2, 0.25) is 0 Å². The van der Waals surface area contributed by atoms with Crippen molar-refractivity contribution in [1.82, 2.24) is 5.32 Å². The first-order chi connectivity index (χ1) is 10.2. The van der Waals surface area contributed by atoms with Crippen LogP contribution >= 0.6 is 0 Å². The molecule has 5 nitrogen and oxygen atoms in total. The number of benzene rings is 1. The predicted molar refractivity (Wildman–Crippen MR) is 77.6 cm³/mol. The minimum Gasteiger partial charge on any atom is -0.467 e. The molecule has 1 aliphatic rings. The van der Waals surface area contributed by atoms with E-state index in [4.69, 9.17) is 4.42 Å². The number of hydrogen-bond acceptors (Lipinski definition) is 3. The number of carbonyl (C=O) groups excluding carboxylic acids is 2. The number of carbonyl (C=O) groups is 2. The highest BCUT2D eigenvalue weighted by Gasteiger charge is 2.33. The van der Waals surface area contributed by atoms with Crippen LogP contribution in [0.3, 0.4) is 0 Å². The van der Waals surface area contributed by atoms with E-state index < -0.39 is 11.8 Å². The van der Waals surface area contributed by atoms with Gasteiger partial charge in [0.05, 0.1) is 12.8 Å². The zero-order valence-electron chi connectivity index (χ0n) is 11.7. The van der Waals surface area contributed by atoms with Gasteiger partial charge in [-0.25, -0.2) is 0 Å². The molecular formula is C16H16N2O3. The monoisotopic (exact) mass is 284 g/mol. The Morgan fingerprint density at radius 1 is 1.29 bits per heavy atom. The summed E-state index contributed by atoms with van der Waals surface area (Å²) in [4.78, 5) is 26.0. The van der Waals surface area contributed by atoms with Gasteiger partial charge in [-0.05, 0) is 37.1 Å². The van der Waals surface area contributed by atoms with Crippen molar-refractivity contribution in [2.45, 2.75) is 25.9 Å². The molecule has 108 valence electrons. The first-order valence-corrected chi connectivity index (χ1v) is 6.88. The van der Waals surface area contributed by atoms with E-state index in [9.17, 15) is 9.59 Å². The molecule has 1 aromatic heterocycles. The molecule has 2 heterocycles. The third kappa shape index (κ3) is 2.54. The Hall–Kier alpha value is -2.56. The third-order valence-corrected chi connectivity index (χ3v) is 3.62. The fourth-order valence-electron chi connectivity index (χ4n) is 2.64. The van der Waals surface area contributed by atoms with Crippen LogP contribution in [0, 0.1) is 0 Å². The zero-order valence-corrected chi connectivity index (χ0v) is 11.7. The summed E-state index contributed by atoms with van der Waals surface area (Å²) in [7, 11) is 0. The predicted octanol–water partition coefficient (Wildman–Crippen LogP) is 1.87. The van der Waals surface area contributed by atoms with E-state index in [1.807, 2.05) is 31.2 Å². The van der Waals surface area contributed by atoms with Gasteiger partial charge in [0.25, 0.3) is 0 Å². The minimum absolute atomic E-state index is 0.00994. The lowest BCUT2D eigenvalue weighted by Gasteiger charge is -2.21. The number of furan rings is 1. The fourth-order valence-corrected chi connectivity index (χ4v) is 2.64. The Kier molecular flexibility index (Phi) is 3.48. The lowest BCUT2D eigenvalue weighted by molar-refractivity contribution is -0.137. The molecule has 5 heteroatoms. The number of amides is 2. The van der Waals surface area contributed by atoms with Crippen molar-refractivity contribution in [3.05, 3.63) is 54.0 Å².